The molecule has 0 unspecified atom stereocenters. The average Bonchev–Trinajstić information content (AvgIpc) is 2.31. The summed E-state index contributed by atoms with van der Waals surface area (Å²) in [6.45, 7) is 11.5. The zero-order valence-corrected chi connectivity index (χ0v) is 12.9. The first-order valence-corrected chi connectivity index (χ1v) is 7.87. The molecule has 0 spiro atoms. The minimum Gasteiger partial charge on any atom is -0.356 e. The predicted octanol–water partition coefficient (Wildman–Crippen LogP) is 1.61. The summed E-state index contributed by atoms with van der Waals surface area (Å²) >= 11 is 0. The monoisotopic (exact) mass is 269 g/mol. The molecule has 1 aliphatic heterocycles. The molecule has 1 amide bonds. The lowest BCUT2D eigenvalue weighted by Crippen LogP contribution is -2.53. The molecule has 4 nitrogen and oxygen atoms in total. The maximum absolute atomic E-state index is 11.8. The maximum atomic E-state index is 11.8. The minimum atomic E-state index is 0.245. The Balaban J connectivity index is 1.89. The van der Waals surface area contributed by atoms with E-state index in [4.69, 9.17) is 0 Å². The van der Waals surface area contributed by atoms with Crippen LogP contribution in [0.5, 0.6) is 0 Å². The first-order valence-electron chi connectivity index (χ1n) is 7.87. The highest BCUT2D eigenvalue weighted by molar-refractivity contribution is 5.79. The molecule has 4 heteroatoms. The molecule has 19 heavy (non-hydrogen) atoms. The third-order valence-electron chi connectivity index (χ3n) is 3.57. The number of likely N-dealkylation sites (tertiary alicyclic amines) is 1. The van der Waals surface area contributed by atoms with Crippen LogP contribution in [0.4, 0.5) is 0 Å². The summed E-state index contributed by atoms with van der Waals surface area (Å²) in [5.41, 5.74) is 0. The molecule has 0 bridgehead atoms. The Morgan fingerprint density at radius 1 is 1.21 bits per heavy atom. The van der Waals surface area contributed by atoms with Crippen LogP contribution in [-0.4, -0.2) is 49.6 Å². The van der Waals surface area contributed by atoms with Crippen molar-refractivity contribution in [2.75, 3.05) is 32.7 Å². The van der Waals surface area contributed by atoms with Crippen molar-refractivity contribution in [3.05, 3.63) is 0 Å². The second-order valence-electron chi connectivity index (χ2n) is 5.92. The van der Waals surface area contributed by atoms with Crippen LogP contribution in [0.2, 0.25) is 0 Å². The molecule has 0 radical (unpaired) electrons. The Hall–Kier alpha value is -0.610. The van der Waals surface area contributed by atoms with E-state index in [0.717, 1.165) is 39.1 Å². The number of rotatable bonds is 10. The highest BCUT2D eigenvalue weighted by Crippen LogP contribution is 2.15. The molecule has 0 aromatic heterocycles. The quantitative estimate of drug-likeness (QED) is 0.592. The third kappa shape index (κ3) is 6.92. The van der Waals surface area contributed by atoms with Crippen molar-refractivity contribution in [3.63, 3.8) is 0 Å². The molecule has 0 saturated carbocycles. The topological polar surface area (TPSA) is 44.4 Å². The van der Waals surface area contributed by atoms with E-state index in [1.165, 1.54) is 19.3 Å². The first kappa shape index (κ1) is 16.4. The minimum absolute atomic E-state index is 0.245. The van der Waals surface area contributed by atoms with E-state index in [0.29, 0.717) is 6.04 Å². The van der Waals surface area contributed by atoms with Gasteiger partial charge in [0, 0.05) is 25.7 Å². The smallest absolute Gasteiger partial charge is 0.225 e. The van der Waals surface area contributed by atoms with Gasteiger partial charge in [0.05, 0.1) is 5.92 Å². The third-order valence-corrected chi connectivity index (χ3v) is 3.57. The van der Waals surface area contributed by atoms with E-state index >= 15 is 0 Å². The molecule has 1 saturated heterocycles. The lowest BCUT2D eigenvalue weighted by Gasteiger charge is -2.38. The molecule has 1 aliphatic rings. The van der Waals surface area contributed by atoms with Gasteiger partial charge in [-0.3, -0.25) is 4.79 Å². The van der Waals surface area contributed by atoms with Gasteiger partial charge in [-0.2, -0.15) is 0 Å². The van der Waals surface area contributed by atoms with Crippen molar-refractivity contribution in [3.8, 4) is 0 Å². The summed E-state index contributed by atoms with van der Waals surface area (Å²) in [7, 11) is 0. The SMILES string of the molecule is CCCN1CC(C(=O)NCCCCCNC(C)C)C1. The standard InChI is InChI=1S/C15H31N3O/c1-4-10-18-11-14(12-18)15(19)17-9-7-5-6-8-16-13(2)3/h13-14,16H,4-12H2,1-3H3,(H,17,19). The number of unbranched alkanes of at least 4 members (excludes halogenated alkanes) is 2. The molecule has 1 heterocycles. The lowest BCUT2D eigenvalue weighted by molar-refractivity contribution is -0.130. The second kappa shape index (κ2) is 9.32. The van der Waals surface area contributed by atoms with Gasteiger partial charge in [-0.05, 0) is 32.4 Å². The van der Waals surface area contributed by atoms with Crippen LogP contribution in [0.3, 0.4) is 0 Å². The molecule has 0 atom stereocenters. The van der Waals surface area contributed by atoms with Crippen molar-refractivity contribution < 1.29 is 4.79 Å². The van der Waals surface area contributed by atoms with Crippen LogP contribution in [0, 0.1) is 5.92 Å². The molecule has 0 aromatic rings. The van der Waals surface area contributed by atoms with Crippen molar-refractivity contribution in [2.24, 2.45) is 5.92 Å². The Morgan fingerprint density at radius 2 is 1.89 bits per heavy atom. The zero-order valence-electron chi connectivity index (χ0n) is 12.9. The Morgan fingerprint density at radius 3 is 2.53 bits per heavy atom. The molecule has 1 rings (SSSR count). The van der Waals surface area contributed by atoms with Gasteiger partial charge in [0.1, 0.15) is 0 Å². The summed E-state index contributed by atoms with van der Waals surface area (Å²) in [6.07, 6.45) is 4.66. The summed E-state index contributed by atoms with van der Waals surface area (Å²) < 4.78 is 0. The van der Waals surface area contributed by atoms with E-state index in [-0.39, 0.29) is 11.8 Å². The van der Waals surface area contributed by atoms with Crippen molar-refractivity contribution in [1.82, 2.24) is 15.5 Å². The maximum Gasteiger partial charge on any atom is 0.225 e. The van der Waals surface area contributed by atoms with E-state index in [1.807, 2.05) is 0 Å². The number of hydrogen-bond acceptors (Lipinski definition) is 3. The van der Waals surface area contributed by atoms with Gasteiger partial charge in [-0.15, -0.1) is 0 Å². The fourth-order valence-corrected chi connectivity index (χ4v) is 2.41. The molecule has 2 N–H and O–H groups in total. The van der Waals surface area contributed by atoms with Gasteiger partial charge in [0.2, 0.25) is 5.91 Å². The second-order valence-corrected chi connectivity index (χ2v) is 5.92. The molecule has 0 aromatic carbocycles. The van der Waals surface area contributed by atoms with Crippen LogP contribution >= 0.6 is 0 Å². The fourth-order valence-electron chi connectivity index (χ4n) is 2.41. The lowest BCUT2D eigenvalue weighted by atomic mass is 9.99. The van der Waals surface area contributed by atoms with Gasteiger partial charge < -0.3 is 15.5 Å². The van der Waals surface area contributed by atoms with E-state index in [2.05, 4.69) is 36.3 Å². The van der Waals surface area contributed by atoms with E-state index < -0.39 is 0 Å². The van der Waals surface area contributed by atoms with Gasteiger partial charge >= 0.3 is 0 Å². The summed E-state index contributed by atoms with van der Waals surface area (Å²) in [5, 5.41) is 6.47. The molecule has 0 aliphatic carbocycles. The summed E-state index contributed by atoms with van der Waals surface area (Å²) in [6, 6.07) is 0.574. The number of carbonyl (C=O) groups is 1. The summed E-state index contributed by atoms with van der Waals surface area (Å²) in [5.74, 6) is 0.502. The zero-order chi connectivity index (χ0) is 14.1. The highest BCUT2D eigenvalue weighted by Gasteiger charge is 2.31. The number of amides is 1. The van der Waals surface area contributed by atoms with Crippen molar-refractivity contribution in [2.45, 2.75) is 52.5 Å². The number of nitrogens with one attached hydrogen (secondary N) is 2. The largest absolute Gasteiger partial charge is 0.356 e. The summed E-state index contributed by atoms with van der Waals surface area (Å²) in [4.78, 5) is 14.2. The van der Waals surface area contributed by atoms with Crippen LogP contribution in [0.25, 0.3) is 0 Å². The van der Waals surface area contributed by atoms with Gasteiger partial charge in [-0.25, -0.2) is 0 Å². The first-order chi connectivity index (χ1) is 9.13. The number of carbonyl (C=O) groups excluding carboxylic acids is 1. The van der Waals surface area contributed by atoms with Crippen molar-refractivity contribution in [1.29, 1.82) is 0 Å². The molecular weight excluding hydrogens is 238 g/mol. The number of nitrogens with zero attached hydrogens (tertiary/aromatic N) is 1. The van der Waals surface area contributed by atoms with Gasteiger partial charge in [0.25, 0.3) is 0 Å². The van der Waals surface area contributed by atoms with Crippen LogP contribution in [0.15, 0.2) is 0 Å². The van der Waals surface area contributed by atoms with Crippen LogP contribution < -0.4 is 10.6 Å². The Labute approximate surface area is 118 Å². The number of hydrogen-bond donors (Lipinski definition) is 2. The van der Waals surface area contributed by atoms with Crippen molar-refractivity contribution >= 4 is 5.91 Å². The normalized spacial score (nSPS) is 16.6. The van der Waals surface area contributed by atoms with E-state index in [9.17, 15) is 4.79 Å². The predicted molar refractivity (Wildman–Crippen MR) is 80.2 cm³/mol. The fraction of sp³-hybridized carbons (Fsp3) is 0.933. The molecule has 112 valence electrons. The molecular formula is C15H31N3O. The highest BCUT2D eigenvalue weighted by atomic mass is 16.2. The average molecular weight is 269 g/mol. The molecule has 1 fully saturated rings. The Bertz CT molecular complexity index is 250. The van der Waals surface area contributed by atoms with Gasteiger partial charge in [0.15, 0.2) is 0 Å². The van der Waals surface area contributed by atoms with Gasteiger partial charge in [-0.1, -0.05) is 27.2 Å². The Kier molecular flexibility index (Phi) is 8.07. The van der Waals surface area contributed by atoms with E-state index in [1.54, 1.807) is 0 Å². The van der Waals surface area contributed by atoms with Crippen LogP contribution in [-0.2, 0) is 4.79 Å². The van der Waals surface area contributed by atoms with Crippen LogP contribution in [0.1, 0.15) is 46.5 Å².